The van der Waals surface area contributed by atoms with Gasteiger partial charge in [-0.1, -0.05) is 31.0 Å². The Morgan fingerprint density at radius 1 is 1.62 bits per heavy atom. The minimum atomic E-state index is -0.277. The molecule has 0 unspecified atom stereocenters. The second kappa shape index (κ2) is 6.23. The van der Waals surface area contributed by atoms with Crippen molar-refractivity contribution in [2.24, 2.45) is 0 Å². The quantitative estimate of drug-likeness (QED) is 0.464. The number of aromatic hydroxyl groups is 1. The van der Waals surface area contributed by atoms with Crippen molar-refractivity contribution in [2.75, 3.05) is 5.75 Å². The minimum absolute atomic E-state index is 0.184. The number of hydrogen-bond acceptors (Lipinski definition) is 4. The average molecular weight is 238 g/mol. The number of H-pyrrole nitrogens is 1. The number of rotatable bonds is 5. The van der Waals surface area contributed by atoms with Gasteiger partial charge in [0.15, 0.2) is 5.16 Å². The van der Waals surface area contributed by atoms with Gasteiger partial charge in [-0.05, 0) is 12.8 Å². The van der Waals surface area contributed by atoms with Gasteiger partial charge in [0, 0.05) is 0 Å². The van der Waals surface area contributed by atoms with Crippen LogP contribution in [-0.4, -0.2) is 20.8 Å². The summed E-state index contributed by atoms with van der Waals surface area (Å²) < 4.78 is 0. The number of terminal acetylenes is 1. The maximum Gasteiger partial charge on any atom is 0.258 e. The molecule has 2 N–H and O–H groups in total. The first kappa shape index (κ1) is 12.7. The lowest BCUT2D eigenvalue weighted by molar-refractivity contribution is 0.434. The second-order valence-corrected chi connectivity index (χ2v) is 4.23. The molecule has 1 rings (SSSR count). The maximum atomic E-state index is 11.6. The predicted molar refractivity (Wildman–Crippen MR) is 64.7 cm³/mol. The summed E-state index contributed by atoms with van der Waals surface area (Å²) in [6.07, 6.45) is 7.46. The number of nitrogens with zero attached hydrogens (tertiary/aromatic N) is 1. The highest BCUT2D eigenvalue weighted by Gasteiger charge is 2.09. The number of aromatic nitrogens is 2. The molecule has 4 nitrogen and oxygen atoms in total. The first-order valence-corrected chi connectivity index (χ1v) is 6.06. The lowest BCUT2D eigenvalue weighted by Gasteiger charge is -2.03. The molecule has 0 aliphatic rings. The van der Waals surface area contributed by atoms with E-state index in [2.05, 4.69) is 15.9 Å². The van der Waals surface area contributed by atoms with Gasteiger partial charge in [-0.15, -0.1) is 6.42 Å². The van der Waals surface area contributed by atoms with Crippen molar-refractivity contribution < 1.29 is 5.11 Å². The zero-order valence-electron chi connectivity index (χ0n) is 9.12. The molecule has 86 valence electrons. The van der Waals surface area contributed by atoms with Crippen LogP contribution in [0.1, 0.15) is 25.3 Å². The summed E-state index contributed by atoms with van der Waals surface area (Å²) in [6.45, 7) is 2.02. The first-order chi connectivity index (χ1) is 7.69. The van der Waals surface area contributed by atoms with E-state index in [0.29, 0.717) is 22.9 Å². The van der Waals surface area contributed by atoms with Gasteiger partial charge in [0.1, 0.15) is 0 Å². The largest absolute Gasteiger partial charge is 0.493 e. The van der Waals surface area contributed by atoms with Crippen molar-refractivity contribution in [3.05, 3.63) is 15.9 Å². The molecule has 0 saturated heterocycles. The van der Waals surface area contributed by atoms with Crippen LogP contribution in [0, 0.1) is 12.3 Å². The summed E-state index contributed by atoms with van der Waals surface area (Å²) in [6, 6.07) is 0. The van der Waals surface area contributed by atoms with Crippen LogP contribution >= 0.6 is 11.8 Å². The lowest BCUT2D eigenvalue weighted by Crippen LogP contribution is -2.15. The fourth-order valence-electron chi connectivity index (χ4n) is 1.22. The monoisotopic (exact) mass is 238 g/mol. The third kappa shape index (κ3) is 3.31. The molecule has 1 aromatic rings. The normalized spacial score (nSPS) is 10.0. The predicted octanol–water partition coefficient (Wildman–Crippen LogP) is 1.54. The summed E-state index contributed by atoms with van der Waals surface area (Å²) in [7, 11) is 0. The standard InChI is InChI=1S/C11H14N2O2S/c1-3-5-6-8-9(14)12-11(13-10(8)15)16-7-4-2/h2H,3,5-7H2,1H3,(H2,12,13,14,15). The van der Waals surface area contributed by atoms with Gasteiger partial charge in [0.05, 0.1) is 11.3 Å². The van der Waals surface area contributed by atoms with Crippen LogP contribution < -0.4 is 5.56 Å². The molecule has 0 bridgehead atoms. The van der Waals surface area contributed by atoms with E-state index in [0.717, 1.165) is 12.8 Å². The molecule has 0 aliphatic carbocycles. The third-order valence-electron chi connectivity index (χ3n) is 2.04. The summed E-state index contributed by atoms with van der Waals surface area (Å²) in [5.41, 5.74) is 0.0763. The van der Waals surface area contributed by atoms with Crippen molar-refractivity contribution in [1.29, 1.82) is 0 Å². The van der Waals surface area contributed by atoms with Crippen LogP contribution in [0.5, 0.6) is 5.88 Å². The van der Waals surface area contributed by atoms with Gasteiger partial charge in [0.25, 0.3) is 5.56 Å². The van der Waals surface area contributed by atoms with Crippen LogP contribution in [0.2, 0.25) is 0 Å². The number of hydrogen-bond donors (Lipinski definition) is 2. The van der Waals surface area contributed by atoms with Crippen LogP contribution in [0.3, 0.4) is 0 Å². The molecule has 0 amide bonds. The van der Waals surface area contributed by atoms with E-state index in [4.69, 9.17) is 6.42 Å². The van der Waals surface area contributed by atoms with Gasteiger partial charge >= 0.3 is 0 Å². The summed E-state index contributed by atoms with van der Waals surface area (Å²) in [5, 5.41) is 9.96. The molecule has 0 radical (unpaired) electrons. The third-order valence-corrected chi connectivity index (χ3v) is 2.82. The highest BCUT2D eigenvalue weighted by molar-refractivity contribution is 7.99. The van der Waals surface area contributed by atoms with E-state index in [9.17, 15) is 9.90 Å². The minimum Gasteiger partial charge on any atom is -0.493 e. The Morgan fingerprint density at radius 3 is 2.94 bits per heavy atom. The topological polar surface area (TPSA) is 66.0 Å². The number of nitrogens with one attached hydrogen (secondary N) is 1. The van der Waals surface area contributed by atoms with Gasteiger partial charge < -0.3 is 10.1 Å². The highest BCUT2D eigenvalue weighted by atomic mass is 32.2. The fraction of sp³-hybridized carbons (Fsp3) is 0.455. The molecule has 0 saturated carbocycles. The molecule has 0 spiro atoms. The van der Waals surface area contributed by atoms with E-state index >= 15 is 0 Å². The molecular weight excluding hydrogens is 224 g/mol. The van der Waals surface area contributed by atoms with Gasteiger partial charge in [-0.3, -0.25) is 4.79 Å². The molecule has 0 aliphatic heterocycles. The smallest absolute Gasteiger partial charge is 0.258 e. The highest BCUT2D eigenvalue weighted by Crippen LogP contribution is 2.17. The number of aromatic amines is 1. The van der Waals surface area contributed by atoms with E-state index < -0.39 is 0 Å². The van der Waals surface area contributed by atoms with E-state index in [1.165, 1.54) is 11.8 Å². The van der Waals surface area contributed by atoms with Gasteiger partial charge in [0.2, 0.25) is 5.88 Å². The van der Waals surface area contributed by atoms with Crippen molar-refractivity contribution in [3.63, 3.8) is 0 Å². The van der Waals surface area contributed by atoms with Gasteiger partial charge in [-0.2, -0.15) is 4.98 Å². The van der Waals surface area contributed by atoms with E-state index in [1.807, 2.05) is 6.92 Å². The molecule has 1 aromatic heterocycles. The van der Waals surface area contributed by atoms with Crippen molar-refractivity contribution in [3.8, 4) is 18.2 Å². The Balaban J connectivity index is 2.90. The Labute approximate surface area is 98.5 Å². The van der Waals surface area contributed by atoms with Crippen molar-refractivity contribution in [1.82, 2.24) is 9.97 Å². The molecular formula is C11H14N2O2S. The molecule has 0 atom stereocenters. The number of unbranched alkanes of at least 4 members (excludes halogenated alkanes) is 1. The molecule has 16 heavy (non-hydrogen) atoms. The molecule has 0 aromatic carbocycles. The van der Waals surface area contributed by atoms with E-state index in [1.54, 1.807) is 0 Å². The van der Waals surface area contributed by atoms with Crippen LogP contribution in [-0.2, 0) is 6.42 Å². The Kier molecular flexibility index (Phi) is 4.93. The maximum absolute atomic E-state index is 11.6. The van der Waals surface area contributed by atoms with Crippen LogP contribution in [0.15, 0.2) is 9.95 Å². The zero-order chi connectivity index (χ0) is 12.0. The molecule has 1 heterocycles. The zero-order valence-corrected chi connectivity index (χ0v) is 9.93. The number of thioether (sulfide) groups is 1. The Morgan fingerprint density at radius 2 is 2.38 bits per heavy atom. The average Bonchev–Trinajstić information content (AvgIpc) is 2.25. The van der Waals surface area contributed by atoms with Crippen LogP contribution in [0.25, 0.3) is 0 Å². The van der Waals surface area contributed by atoms with Crippen molar-refractivity contribution >= 4 is 11.8 Å². The Hall–Kier alpha value is -1.41. The van der Waals surface area contributed by atoms with Gasteiger partial charge in [-0.25, -0.2) is 0 Å². The van der Waals surface area contributed by atoms with Crippen molar-refractivity contribution in [2.45, 2.75) is 31.3 Å². The Bertz CT molecular complexity index is 448. The second-order valence-electron chi connectivity index (χ2n) is 3.27. The first-order valence-electron chi connectivity index (χ1n) is 5.07. The summed E-state index contributed by atoms with van der Waals surface area (Å²) in [4.78, 5) is 18.1. The SMILES string of the molecule is C#CCSc1nc(O)c(CCCC)c(=O)[nH]1. The lowest BCUT2D eigenvalue weighted by atomic mass is 10.1. The van der Waals surface area contributed by atoms with E-state index in [-0.39, 0.29) is 11.4 Å². The summed E-state index contributed by atoms with van der Waals surface area (Å²) in [5.74, 6) is 2.65. The molecule has 5 heteroatoms. The fourth-order valence-corrected chi connectivity index (χ4v) is 1.76. The molecule has 0 fully saturated rings. The summed E-state index contributed by atoms with van der Waals surface area (Å²) >= 11 is 1.22. The van der Waals surface area contributed by atoms with Crippen LogP contribution in [0.4, 0.5) is 0 Å².